The Labute approximate surface area is 143 Å². The van der Waals surface area contributed by atoms with E-state index in [1.807, 2.05) is 6.07 Å². The van der Waals surface area contributed by atoms with E-state index in [1.54, 1.807) is 18.2 Å². The van der Waals surface area contributed by atoms with Crippen LogP contribution in [0.4, 0.5) is 4.39 Å². The van der Waals surface area contributed by atoms with E-state index in [9.17, 15) is 9.18 Å². The summed E-state index contributed by atoms with van der Waals surface area (Å²) in [5, 5.41) is 9.52. The smallest absolute Gasteiger partial charge is 0.255 e. The summed E-state index contributed by atoms with van der Waals surface area (Å²) in [6.07, 6.45) is -0.760. The summed E-state index contributed by atoms with van der Waals surface area (Å²) in [5.74, 6) is -2.47. The Bertz CT molecular complexity index is 652. The number of rotatable bonds is 7. The second kappa shape index (κ2) is 7.02. The van der Waals surface area contributed by atoms with Crippen LogP contribution in [-0.4, -0.2) is 17.8 Å². The standard InChI is InChI=1S/C15H16Cl2FN3O2/c16-11-2-1-8(5-12(11)17)7-23-13(20)6-10-9(3-4-19)15(10,18)14(21)22/h1-2,5,9-10,13H,3,6-7,20H2,(H2,21,22)/t9-,10?,13+,15-/m0/s1. The average molecular weight is 360 g/mol. The van der Waals surface area contributed by atoms with Crippen LogP contribution in [0.1, 0.15) is 18.4 Å². The lowest BCUT2D eigenvalue weighted by atomic mass is 10.2. The number of carbonyl (C=O) groups excluding carboxylic acids is 1. The Kier molecular flexibility index (Phi) is 5.48. The molecule has 0 aliphatic heterocycles. The maximum Gasteiger partial charge on any atom is 0.255 e. The molecule has 2 rings (SSSR count). The fourth-order valence-corrected chi connectivity index (χ4v) is 3.06. The first-order chi connectivity index (χ1) is 10.8. The minimum atomic E-state index is -2.17. The molecule has 1 saturated carbocycles. The van der Waals surface area contributed by atoms with Gasteiger partial charge in [0.1, 0.15) is 6.23 Å². The van der Waals surface area contributed by atoms with Crippen molar-refractivity contribution in [3.05, 3.63) is 33.8 Å². The normalized spacial score (nSPS) is 27.3. The largest absolute Gasteiger partial charge is 0.367 e. The molecule has 0 saturated heterocycles. The number of nitriles is 1. The van der Waals surface area contributed by atoms with Crippen LogP contribution < -0.4 is 11.5 Å². The van der Waals surface area contributed by atoms with Crippen LogP contribution >= 0.6 is 23.2 Å². The van der Waals surface area contributed by atoms with Gasteiger partial charge in [0, 0.05) is 18.3 Å². The van der Waals surface area contributed by atoms with Crippen LogP contribution in [0.5, 0.6) is 0 Å². The highest BCUT2D eigenvalue weighted by Gasteiger charge is 2.70. The van der Waals surface area contributed by atoms with Gasteiger partial charge in [-0.25, -0.2) is 4.39 Å². The Hall–Kier alpha value is -1.39. The van der Waals surface area contributed by atoms with Crippen LogP contribution in [-0.2, 0) is 16.1 Å². The second-order valence-corrected chi connectivity index (χ2v) is 6.36. The molecule has 1 unspecified atom stereocenters. The van der Waals surface area contributed by atoms with Crippen molar-refractivity contribution in [3.63, 3.8) is 0 Å². The van der Waals surface area contributed by atoms with Gasteiger partial charge in [-0.1, -0.05) is 29.3 Å². The zero-order chi connectivity index (χ0) is 17.2. The molecule has 4 atom stereocenters. The first-order valence-electron chi connectivity index (χ1n) is 6.97. The second-order valence-electron chi connectivity index (χ2n) is 5.54. The van der Waals surface area contributed by atoms with Crippen molar-refractivity contribution >= 4 is 29.1 Å². The Morgan fingerprint density at radius 3 is 2.70 bits per heavy atom. The van der Waals surface area contributed by atoms with E-state index in [4.69, 9.17) is 44.7 Å². The molecule has 1 aliphatic carbocycles. The first-order valence-corrected chi connectivity index (χ1v) is 7.73. The number of hydrogen-bond acceptors (Lipinski definition) is 4. The lowest BCUT2D eigenvalue weighted by Gasteiger charge is -2.13. The third-order valence-electron chi connectivity index (χ3n) is 4.08. The topological polar surface area (TPSA) is 102 Å². The molecule has 0 aromatic heterocycles. The quantitative estimate of drug-likeness (QED) is 0.730. The number of primary amides is 1. The number of alkyl halides is 1. The molecule has 0 spiro atoms. The van der Waals surface area contributed by atoms with Gasteiger partial charge < -0.3 is 16.2 Å². The molecule has 1 aromatic carbocycles. The maximum absolute atomic E-state index is 14.4. The predicted octanol–water partition coefficient (Wildman–Crippen LogP) is 2.54. The molecular weight excluding hydrogens is 344 g/mol. The van der Waals surface area contributed by atoms with Gasteiger partial charge >= 0.3 is 0 Å². The molecule has 1 aliphatic rings. The lowest BCUT2D eigenvalue weighted by molar-refractivity contribution is -0.125. The molecule has 1 aromatic rings. The molecule has 0 bridgehead atoms. The zero-order valence-corrected chi connectivity index (χ0v) is 13.6. The van der Waals surface area contributed by atoms with Crippen LogP contribution in [0.2, 0.25) is 10.0 Å². The summed E-state index contributed by atoms with van der Waals surface area (Å²) < 4.78 is 19.8. The number of benzene rings is 1. The molecule has 5 nitrogen and oxygen atoms in total. The van der Waals surface area contributed by atoms with Gasteiger partial charge in [0.25, 0.3) is 5.91 Å². The summed E-state index contributed by atoms with van der Waals surface area (Å²) in [6, 6.07) is 6.88. The highest BCUT2D eigenvalue weighted by Crippen LogP contribution is 2.57. The number of hydrogen-bond donors (Lipinski definition) is 2. The third-order valence-corrected chi connectivity index (χ3v) is 4.82. The van der Waals surface area contributed by atoms with Crippen LogP contribution in [0, 0.1) is 23.2 Å². The lowest BCUT2D eigenvalue weighted by Crippen LogP contribution is -2.32. The first kappa shape index (κ1) is 18.0. The molecule has 124 valence electrons. The fraction of sp³-hybridized carbons (Fsp3) is 0.467. The van der Waals surface area contributed by atoms with Crippen LogP contribution in [0.3, 0.4) is 0 Å². The fourth-order valence-electron chi connectivity index (χ4n) is 2.74. The van der Waals surface area contributed by atoms with Crippen molar-refractivity contribution in [1.82, 2.24) is 0 Å². The number of carbonyl (C=O) groups is 1. The molecule has 0 radical (unpaired) electrons. The van der Waals surface area contributed by atoms with Gasteiger partial charge in [-0.05, 0) is 24.1 Å². The van der Waals surface area contributed by atoms with Crippen molar-refractivity contribution in [2.45, 2.75) is 31.3 Å². The van der Waals surface area contributed by atoms with Gasteiger partial charge in [0.2, 0.25) is 0 Å². The average Bonchev–Trinajstić information content (AvgIpc) is 3.06. The van der Waals surface area contributed by atoms with Gasteiger partial charge in [-0.15, -0.1) is 0 Å². The van der Waals surface area contributed by atoms with E-state index in [0.29, 0.717) is 10.0 Å². The van der Waals surface area contributed by atoms with E-state index >= 15 is 0 Å². The molecule has 0 heterocycles. The van der Waals surface area contributed by atoms with Gasteiger partial charge in [-0.3, -0.25) is 4.79 Å². The van der Waals surface area contributed by atoms with Crippen molar-refractivity contribution in [2.75, 3.05) is 0 Å². The SMILES string of the molecule is N#CC[C@H]1C(C[C@H](N)OCc2ccc(Cl)c(Cl)c2)[C@]1(F)C(N)=O. The number of amides is 1. The molecular formula is C15H16Cl2FN3O2. The Balaban J connectivity index is 1.90. The van der Waals surface area contributed by atoms with E-state index < -0.39 is 29.6 Å². The Morgan fingerprint density at radius 2 is 2.13 bits per heavy atom. The van der Waals surface area contributed by atoms with Crippen molar-refractivity contribution < 1.29 is 13.9 Å². The highest BCUT2D eigenvalue weighted by atomic mass is 35.5. The van der Waals surface area contributed by atoms with E-state index in [-0.39, 0.29) is 19.4 Å². The molecule has 1 fully saturated rings. The minimum absolute atomic E-state index is 0.0797. The number of nitrogens with two attached hydrogens (primary N) is 2. The van der Waals surface area contributed by atoms with Crippen LogP contribution in [0.15, 0.2) is 18.2 Å². The monoisotopic (exact) mass is 359 g/mol. The Morgan fingerprint density at radius 1 is 1.43 bits per heavy atom. The van der Waals surface area contributed by atoms with Gasteiger partial charge in [0.05, 0.1) is 22.7 Å². The molecule has 4 N–H and O–H groups in total. The summed E-state index contributed by atoms with van der Waals surface area (Å²) in [4.78, 5) is 11.2. The summed E-state index contributed by atoms with van der Waals surface area (Å²) >= 11 is 11.7. The van der Waals surface area contributed by atoms with Gasteiger partial charge in [0.15, 0.2) is 5.67 Å². The number of halogens is 3. The summed E-state index contributed by atoms with van der Waals surface area (Å²) in [6.45, 7) is 0.170. The summed E-state index contributed by atoms with van der Waals surface area (Å²) in [7, 11) is 0. The highest BCUT2D eigenvalue weighted by molar-refractivity contribution is 6.42. The van der Waals surface area contributed by atoms with E-state index in [1.165, 1.54) is 0 Å². The number of nitrogens with zero attached hydrogens (tertiary/aromatic N) is 1. The van der Waals surface area contributed by atoms with Crippen molar-refractivity contribution in [3.8, 4) is 6.07 Å². The summed E-state index contributed by atoms with van der Waals surface area (Å²) in [5.41, 5.74) is 9.51. The van der Waals surface area contributed by atoms with Crippen molar-refractivity contribution in [2.24, 2.45) is 23.3 Å². The van der Waals surface area contributed by atoms with E-state index in [0.717, 1.165) is 5.56 Å². The van der Waals surface area contributed by atoms with Crippen LogP contribution in [0.25, 0.3) is 0 Å². The predicted molar refractivity (Wildman–Crippen MR) is 84.1 cm³/mol. The number of ether oxygens (including phenoxy) is 1. The molecule has 8 heteroatoms. The van der Waals surface area contributed by atoms with E-state index in [2.05, 4.69) is 0 Å². The van der Waals surface area contributed by atoms with Crippen molar-refractivity contribution in [1.29, 1.82) is 5.26 Å². The maximum atomic E-state index is 14.4. The minimum Gasteiger partial charge on any atom is -0.367 e. The zero-order valence-electron chi connectivity index (χ0n) is 12.1. The molecule has 1 amide bonds. The van der Waals surface area contributed by atoms with Gasteiger partial charge in [-0.2, -0.15) is 5.26 Å². The third kappa shape index (κ3) is 3.75. The molecule has 23 heavy (non-hydrogen) atoms.